The number of aromatic nitrogens is 6. The van der Waals surface area contributed by atoms with Crippen molar-refractivity contribution in [1.82, 2.24) is 35.2 Å². The van der Waals surface area contributed by atoms with Gasteiger partial charge in [-0.05, 0) is 11.6 Å². The van der Waals surface area contributed by atoms with Gasteiger partial charge in [0.1, 0.15) is 24.8 Å². The van der Waals surface area contributed by atoms with Crippen molar-refractivity contribution in [2.75, 3.05) is 54.8 Å². The van der Waals surface area contributed by atoms with Gasteiger partial charge in [0.15, 0.2) is 0 Å². The number of nitrogens with two attached hydrogens (primary N) is 1. The molecule has 228 valence electrons. The first-order valence-electron chi connectivity index (χ1n) is 11.9. The zero-order valence-electron chi connectivity index (χ0n) is 21.7. The number of nitrogen functional groups attached to an aromatic ring is 1. The maximum absolute atomic E-state index is 10.3. The van der Waals surface area contributed by atoms with Gasteiger partial charge in [-0.15, -0.1) is 12.4 Å². The number of β-amino-alcohol motifs (C(OH)–C–C–N with tert-alkyl or cyclic N) is 3. The van der Waals surface area contributed by atoms with Gasteiger partial charge in [-0.2, -0.15) is 0 Å². The van der Waals surface area contributed by atoms with E-state index in [4.69, 9.17) is 32.7 Å². The van der Waals surface area contributed by atoms with Crippen molar-refractivity contribution in [2.24, 2.45) is 0 Å². The van der Waals surface area contributed by atoms with Crippen molar-refractivity contribution >= 4 is 53.0 Å². The fourth-order valence-electron chi connectivity index (χ4n) is 2.98. The second kappa shape index (κ2) is 16.3. The monoisotopic (exact) mass is 630 g/mol. The summed E-state index contributed by atoms with van der Waals surface area (Å²) in [6, 6.07) is 0. The summed E-state index contributed by atoms with van der Waals surface area (Å²) in [5.41, 5.74) is 5.68. The van der Waals surface area contributed by atoms with Crippen LogP contribution < -0.4 is 20.9 Å². The van der Waals surface area contributed by atoms with E-state index >= 15 is 0 Å². The highest BCUT2D eigenvalue weighted by Crippen LogP contribution is 2.17. The SMILES string of the molecule is Cl.Nc1cnc(N2CC(O)C2)nc1.O=[N+]([O-])c1cnc(Cl)nc1.O=[N+]([O-])c1cnc(N2CC(O)C2)nc1.OC1CNC1. The molecule has 0 atom stereocenters. The van der Waals surface area contributed by atoms with Gasteiger partial charge in [-0.25, -0.2) is 29.9 Å². The number of nitrogens with one attached hydrogen (secondary N) is 1. The average molecular weight is 631 g/mol. The van der Waals surface area contributed by atoms with Crippen molar-refractivity contribution in [3.63, 3.8) is 0 Å². The number of rotatable bonds is 4. The highest BCUT2D eigenvalue weighted by atomic mass is 35.5. The van der Waals surface area contributed by atoms with Gasteiger partial charge < -0.3 is 36.2 Å². The molecule has 6 rings (SSSR count). The van der Waals surface area contributed by atoms with Gasteiger partial charge in [0.2, 0.25) is 17.2 Å². The average Bonchev–Trinajstić information content (AvgIpc) is 2.90. The van der Waals surface area contributed by atoms with Gasteiger partial charge in [-0.3, -0.25) is 20.2 Å². The second-order valence-electron chi connectivity index (χ2n) is 8.71. The Hall–Kier alpha value is -4.14. The number of nitro groups is 2. The van der Waals surface area contributed by atoms with Gasteiger partial charge in [0.05, 0.1) is 46.2 Å². The summed E-state index contributed by atoms with van der Waals surface area (Å²) in [4.78, 5) is 45.3. The molecule has 0 spiro atoms. The Bertz CT molecular complexity index is 1260. The summed E-state index contributed by atoms with van der Waals surface area (Å²) >= 11 is 5.27. The molecule has 3 aromatic heterocycles. The zero-order chi connectivity index (χ0) is 29.9. The minimum absolute atomic E-state index is 0. The molecule has 3 saturated heterocycles. The Balaban J connectivity index is 0.000000203. The number of aliphatic hydroxyl groups is 3. The first-order valence-corrected chi connectivity index (χ1v) is 12.3. The van der Waals surface area contributed by atoms with Crippen LogP contribution in [0, 0.1) is 20.2 Å². The third kappa shape index (κ3) is 10.7. The van der Waals surface area contributed by atoms with E-state index in [1.807, 2.05) is 4.90 Å². The number of anilines is 3. The van der Waals surface area contributed by atoms with Crippen molar-refractivity contribution < 1.29 is 25.2 Å². The summed E-state index contributed by atoms with van der Waals surface area (Å²) in [7, 11) is 0. The molecule has 3 aromatic rings. The molecular formula is C21H28Cl2N12O7. The van der Waals surface area contributed by atoms with Crippen LogP contribution in [0.5, 0.6) is 0 Å². The fraction of sp³-hybridized carbons (Fsp3) is 0.429. The summed E-state index contributed by atoms with van der Waals surface area (Å²) in [5.74, 6) is 1.05. The normalized spacial score (nSPS) is 15.8. The Kier molecular flexibility index (Phi) is 13.3. The summed E-state index contributed by atoms with van der Waals surface area (Å²) < 4.78 is 0. The summed E-state index contributed by atoms with van der Waals surface area (Å²) in [5, 5.41) is 49.6. The molecule has 3 aliphatic heterocycles. The van der Waals surface area contributed by atoms with E-state index in [-0.39, 0.29) is 47.4 Å². The van der Waals surface area contributed by atoms with Crippen molar-refractivity contribution in [3.05, 3.63) is 62.7 Å². The molecule has 3 fully saturated rings. The van der Waals surface area contributed by atoms with Crippen molar-refractivity contribution in [1.29, 1.82) is 0 Å². The van der Waals surface area contributed by atoms with Crippen LogP contribution in [-0.4, -0.2) is 113 Å². The van der Waals surface area contributed by atoms with E-state index in [0.29, 0.717) is 43.8 Å². The maximum atomic E-state index is 10.3. The third-order valence-electron chi connectivity index (χ3n) is 5.36. The fourth-order valence-corrected chi connectivity index (χ4v) is 3.07. The molecule has 0 unspecified atom stereocenters. The van der Waals surface area contributed by atoms with Gasteiger partial charge >= 0.3 is 11.4 Å². The predicted octanol–water partition coefficient (Wildman–Crippen LogP) is -0.784. The first kappa shape index (κ1) is 34.1. The lowest BCUT2D eigenvalue weighted by Gasteiger charge is -2.35. The molecule has 42 heavy (non-hydrogen) atoms. The molecule has 0 amide bonds. The standard InChI is InChI=1S/C7H8N4O3.C7H10N4O.C4H2ClN3O2.C3H7NO.ClH/c12-6-3-10(4-6)7-8-1-5(2-9-7)11(13)14;8-5-1-9-7(10-2-5)11-3-6(12)4-11;5-4-6-1-3(2-7-4)8(9)10;5-3-1-4-2-3;/h1-2,6,12H,3-4H2;1-2,6,12H,3-4,8H2;1-2H;3-5H,1-2H2;1H. The zero-order valence-corrected chi connectivity index (χ0v) is 23.3. The molecule has 3 aliphatic rings. The van der Waals surface area contributed by atoms with E-state index in [0.717, 1.165) is 37.9 Å². The molecular weight excluding hydrogens is 603 g/mol. The topological polar surface area (TPSA) is 269 Å². The Morgan fingerprint density at radius 2 is 1.07 bits per heavy atom. The summed E-state index contributed by atoms with van der Waals surface area (Å²) in [6.07, 6.45) is 6.93. The van der Waals surface area contributed by atoms with E-state index in [1.165, 1.54) is 0 Å². The van der Waals surface area contributed by atoms with E-state index in [2.05, 4.69) is 35.2 Å². The largest absolute Gasteiger partial charge is 0.396 e. The minimum atomic E-state index is -0.587. The Morgan fingerprint density at radius 3 is 1.36 bits per heavy atom. The molecule has 0 bridgehead atoms. The number of aliphatic hydroxyl groups excluding tert-OH is 3. The van der Waals surface area contributed by atoms with Crippen LogP contribution in [0.2, 0.25) is 5.28 Å². The van der Waals surface area contributed by atoms with Crippen LogP contribution in [0.15, 0.2) is 37.2 Å². The van der Waals surface area contributed by atoms with Crippen LogP contribution in [-0.2, 0) is 0 Å². The number of hydrogen-bond acceptors (Lipinski definition) is 17. The van der Waals surface area contributed by atoms with E-state index < -0.39 is 9.85 Å². The number of hydrogen-bond donors (Lipinski definition) is 5. The number of nitrogens with zero attached hydrogens (tertiary/aromatic N) is 10. The van der Waals surface area contributed by atoms with Gasteiger partial charge in [0.25, 0.3) is 0 Å². The van der Waals surface area contributed by atoms with E-state index in [9.17, 15) is 20.2 Å². The van der Waals surface area contributed by atoms with Crippen molar-refractivity contribution in [3.8, 4) is 0 Å². The smallest absolute Gasteiger partial charge is 0.305 e. The van der Waals surface area contributed by atoms with Crippen LogP contribution in [0.4, 0.5) is 29.0 Å². The molecule has 0 radical (unpaired) electrons. The van der Waals surface area contributed by atoms with E-state index in [1.54, 1.807) is 17.3 Å². The Morgan fingerprint density at radius 1 is 0.738 bits per heavy atom. The lowest BCUT2D eigenvalue weighted by molar-refractivity contribution is -0.385. The molecule has 21 heteroatoms. The van der Waals surface area contributed by atoms with Crippen LogP contribution in [0.25, 0.3) is 0 Å². The highest BCUT2D eigenvalue weighted by Gasteiger charge is 2.27. The summed E-state index contributed by atoms with van der Waals surface area (Å²) in [6.45, 7) is 3.78. The Labute approximate surface area is 249 Å². The number of halogens is 2. The minimum Gasteiger partial charge on any atom is -0.396 e. The lowest BCUT2D eigenvalue weighted by Crippen LogP contribution is -2.51. The highest BCUT2D eigenvalue weighted by molar-refractivity contribution is 6.28. The van der Waals surface area contributed by atoms with Crippen LogP contribution >= 0.6 is 24.0 Å². The maximum Gasteiger partial charge on any atom is 0.305 e. The lowest BCUT2D eigenvalue weighted by atomic mass is 10.2. The molecule has 6 N–H and O–H groups in total. The van der Waals surface area contributed by atoms with Gasteiger partial charge in [-0.1, -0.05) is 0 Å². The molecule has 0 saturated carbocycles. The molecule has 6 heterocycles. The first-order chi connectivity index (χ1) is 19.5. The van der Waals surface area contributed by atoms with Gasteiger partial charge in [0, 0.05) is 39.3 Å². The molecule has 0 aromatic carbocycles. The molecule has 0 aliphatic carbocycles. The molecule has 19 nitrogen and oxygen atoms in total. The van der Waals surface area contributed by atoms with Crippen LogP contribution in [0.3, 0.4) is 0 Å². The second-order valence-corrected chi connectivity index (χ2v) is 9.05. The quantitative estimate of drug-likeness (QED) is 0.134. The van der Waals surface area contributed by atoms with Crippen molar-refractivity contribution in [2.45, 2.75) is 18.3 Å². The predicted molar refractivity (Wildman–Crippen MR) is 151 cm³/mol. The van der Waals surface area contributed by atoms with Crippen LogP contribution in [0.1, 0.15) is 0 Å². The third-order valence-corrected chi connectivity index (χ3v) is 5.56.